The molecule has 26 heavy (non-hydrogen) atoms. The number of piperazine rings is 1. The van der Waals surface area contributed by atoms with E-state index in [1.54, 1.807) is 15.9 Å². The summed E-state index contributed by atoms with van der Waals surface area (Å²) in [4.78, 5) is 53.4. The van der Waals surface area contributed by atoms with Crippen LogP contribution >= 0.6 is 0 Å². The lowest BCUT2D eigenvalue weighted by molar-refractivity contribution is -0.130. The number of rotatable bonds is 4. The smallest absolute Gasteiger partial charge is 0.261 e. The molecule has 0 spiro atoms. The fourth-order valence-corrected chi connectivity index (χ4v) is 3.22. The van der Waals surface area contributed by atoms with Gasteiger partial charge in [-0.1, -0.05) is 0 Å². The monoisotopic (exact) mass is 359 g/mol. The van der Waals surface area contributed by atoms with Gasteiger partial charge in [0.2, 0.25) is 5.91 Å². The van der Waals surface area contributed by atoms with E-state index in [4.69, 9.17) is 4.74 Å². The third kappa shape index (κ3) is 3.20. The van der Waals surface area contributed by atoms with Crippen LogP contribution in [0.4, 0.5) is 0 Å². The predicted octanol–water partition coefficient (Wildman–Crippen LogP) is 0.233. The Hall–Kier alpha value is -2.74. The number of carbonyl (C=O) groups is 4. The first-order valence-electron chi connectivity index (χ1n) is 8.48. The minimum absolute atomic E-state index is 0.00473. The molecule has 4 amide bonds. The normalized spacial score (nSPS) is 16.9. The standard InChI is InChI=1S/C18H21N3O5/c1-12(22)19-5-7-20(8-6-19)16(23)13-3-4-14-15(11-13)18(25)21(17(14)24)9-10-26-2/h3-4,11H,5-10H2,1-2H3. The molecule has 0 unspecified atom stereocenters. The van der Waals surface area contributed by atoms with Crippen molar-refractivity contribution >= 4 is 23.6 Å². The largest absolute Gasteiger partial charge is 0.383 e. The highest BCUT2D eigenvalue weighted by Gasteiger charge is 2.36. The van der Waals surface area contributed by atoms with Crippen molar-refractivity contribution in [3.8, 4) is 0 Å². The second-order valence-corrected chi connectivity index (χ2v) is 6.31. The zero-order chi connectivity index (χ0) is 18.8. The number of benzene rings is 1. The molecular formula is C18H21N3O5. The molecule has 1 fully saturated rings. The summed E-state index contributed by atoms with van der Waals surface area (Å²) < 4.78 is 4.93. The number of nitrogens with zero attached hydrogens (tertiary/aromatic N) is 3. The molecule has 138 valence electrons. The minimum atomic E-state index is -0.405. The van der Waals surface area contributed by atoms with E-state index in [9.17, 15) is 19.2 Å². The Kier molecular flexibility index (Phi) is 5.03. The summed E-state index contributed by atoms with van der Waals surface area (Å²) in [7, 11) is 1.50. The van der Waals surface area contributed by atoms with E-state index in [0.29, 0.717) is 37.3 Å². The zero-order valence-corrected chi connectivity index (χ0v) is 14.9. The summed E-state index contributed by atoms with van der Waals surface area (Å²) in [5.74, 6) is -0.976. The molecule has 0 aliphatic carbocycles. The fourth-order valence-electron chi connectivity index (χ4n) is 3.22. The van der Waals surface area contributed by atoms with Gasteiger partial charge in [0.1, 0.15) is 0 Å². The third-order valence-corrected chi connectivity index (χ3v) is 4.75. The molecule has 1 aromatic rings. The van der Waals surface area contributed by atoms with Gasteiger partial charge in [-0.2, -0.15) is 0 Å². The van der Waals surface area contributed by atoms with Crippen molar-refractivity contribution in [1.82, 2.24) is 14.7 Å². The van der Waals surface area contributed by atoms with E-state index in [1.165, 1.54) is 26.2 Å². The van der Waals surface area contributed by atoms with Crippen LogP contribution in [-0.2, 0) is 9.53 Å². The number of hydrogen-bond acceptors (Lipinski definition) is 5. The molecule has 0 atom stereocenters. The Balaban J connectivity index is 1.75. The van der Waals surface area contributed by atoms with Gasteiger partial charge in [-0.15, -0.1) is 0 Å². The topological polar surface area (TPSA) is 87.2 Å². The molecule has 0 radical (unpaired) electrons. The first-order chi connectivity index (χ1) is 12.4. The summed E-state index contributed by atoms with van der Waals surface area (Å²) in [5.41, 5.74) is 0.929. The molecule has 0 aromatic heterocycles. The van der Waals surface area contributed by atoms with Crippen LogP contribution in [0.3, 0.4) is 0 Å². The van der Waals surface area contributed by atoms with Crippen molar-refractivity contribution in [2.24, 2.45) is 0 Å². The highest BCUT2D eigenvalue weighted by molar-refractivity contribution is 6.22. The molecule has 1 aromatic carbocycles. The van der Waals surface area contributed by atoms with Crippen LogP contribution < -0.4 is 0 Å². The van der Waals surface area contributed by atoms with Crippen molar-refractivity contribution in [2.45, 2.75) is 6.92 Å². The van der Waals surface area contributed by atoms with Gasteiger partial charge in [0.25, 0.3) is 17.7 Å². The predicted molar refractivity (Wildman–Crippen MR) is 91.8 cm³/mol. The van der Waals surface area contributed by atoms with Crippen LogP contribution in [0.2, 0.25) is 0 Å². The summed E-state index contributed by atoms with van der Waals surface area (Å²) >= 11 is 0. The molecule has 8 heteroatoms. The molecule has 0 bridgehead atoms. The lowest BCUT2D eigenvalue weighted by atomic mass is 10.0. The lowest BCUT2D eigenvalue weighted by Crippen LogP contribution is -2.50. The van der Waals surface area contributed by atoms with Gasteiger partial charge in [0.05, 0.1) is 24.3 Å². The number of hydrogen-bond donors (Lipinski definition) is 0. The lowest BCUT2D eigenvalue weighted by Gasteiger charge is -2.34. The van der Waals surface area contributed by atoms with E-state index < -0.39 is 5.91 Å². The molecular weight excluding hydrogens is 338 g/mol. The van der Waals surface area contributed by atoms with Gasteiger partial charge in [0, 0.05) is 45.8 Å². The summed E-state index contributed by atoms with van der Waals surface area (Å²) in [6.45, 7) is 3.83. The van der Waals surface area contributed by atoms with Crippen LogP contribution in [-0.4, -0.2) is 84.8 Å². The van der Waals surface area contributed by atoms with Crippen molar-refractivity contribution in [3.63, 3.8) is 0 Å². The van der Waals surface area contributed by atoms with Gasteiger partial charge in [-0.3, -0.25) is 24.1 Å². The van der Waals surface area contributed by atoms with Crippen LogP contribution in [0.15, 0.2) is 18.2 Å². The third-order valence-electron chi connectivity index (χ3n) is 4.75. The van der Waals surface area contributed by atoms with E-state index in [2.05, 4.69) is 0 Å². The van der Waals surface area contributed by atoms with Gasteiger partial charge in [0.15, 0.2) is 0 Å². The first kappa shape index (κ1) is 18.1. The summed E-state index contributed by atoms with van der Waals surface area (Å²) in [6.07, 6.45) is 0. The highest BCUT2D eigenvalue weighted by atomic mass is 16.5. The minimum Gasteiger partial charge on any atom is -0.383 e. The average Bonchev–Trinajstić information content (AvgIpc) is 2.89. The van der Waals surface area contributed by atoms with E-state index in [0.717, 1.165) is 4.90 Å². The van der Waals surface area contributed by atoms with Crippen molar-refractivity contribution in [1.29, 1.82) is 0 Å². The van der Waals surface area contributed by atoms with Gasteiger partial charge >= 0.3 is 0 Å². The number of fused-ring (bicyclic) bond motifs is 1. The van der Waals surface area contributed by atoms with Gasteiger partial charge in [-0.05, 0) is 18.2 Å². The highest BCUT2D eigenvalue weighted by Crippen LogP contribution is 2.24. The number of ether oxygens (including phenoxy) is 1. The molecule has 3 rings (SSSR count). The maximum atomic E-state index is 12.7. The Labute approximate surface area is 151 Å². The van der Waals surface area contributed by atoms with E-state index in [-0.39, 0.29) is 36.4 Å². The second-order valence-electron chi connectivity index (χ2n) is 6.31. The van der Waals surface area contributed by atoms with Crippen molar-refractivity contribution < 1.29 is 23.9 Å². The zero-order valence-electron chi connectivity index (χ0n) is 14.9. The number of amides is 4. The molecule has 1 saturated heterocycles. The summed E-state index contributed by atoms with van der Waals surface area (Å²) in [6, 6.07) is 4.59. The molecule has 8 nitrogen and oxygen atoms in total. The Morgan fingerprint density at radius 1 is 1.00 bits per heavy atom. The number of imide groups is 1. The quantitative estimate of drug-likeness (QED) is 0.719. The van der Waals surface area contributed by atoms with Gasteiger partial charge in [-0.25, -0.2) is 0 Å². The SMILES string of the molecule is COCCN1C(=O)c2ccc(C(=O)N3CCN(C(C)=O)CC3)cc2C1=O. The molecule has 2 heterocycles. The Morgan fingerprint density at radius 2 is 1.62 bits per heavy atom. The van der Waals surface area contributed by atoms with Crippen molar-refractivity contribution in [2.75, 3.05) is 46.4 Å². The maximum absolute atomic E-state index is 12.7. The molecule has 2 aliphatic heterocycles. The van der Waals surface area contributed by atoms with Crippen LogP contribution in [0.1, 0.15) is 38.0 Å². The number of methoxy groups -OCH3 is 1. The van der Waals surface area contributed by atoms with Crippen LogP contribution in [0.5, 0.6) is 0 Å². The Bertz CT molecular complexity index is 768. The van der Waals surface area contributed by atoms with E-state index in [1.807, 2.05) is 0 Å². The maximum Gasteiger partial charge on any atom is 0.261 e. The average molecular weight is 359 g/mol. The molecule has 2 aliphatic rings. The van der Waals surface area contributed by atoms with Crippen LogP contribution in [0.25, 0.3) is 0 Å². The summed E-state index contributed by atoms with van der Waals surface area (Å²) in [5, 5.41) is 0. The van der Waals surface area contributed by atoms with Crippen molar-refractivity contribution in [3.05, 3.63) is 34.9 Å². The van der Waals surface area contributed by atoms with Crippen LogP contribution in [0, 0.1) is 0 Å². The first-order valence-corrected chi connectivity index (χ1v) is 8.48. The van der Waals surface area contributed by atoms with Gasteiger partial charge < -0.3 is 14.5 Å². The fraction of sp³-hybridized carbons (Fsp3) is 0.444. The molecule has 0 saturated carbocycles. The Morgan fingerprint density at radius 3 is 2.23 bits per heavy atom. The second kappa shape index (κ2) is 7.25. The molecule has 0 N–H and O–H groups in total. The van der Waals surface area contributed by atoms with E-state index >= 15 is 0 Å². The number of carbonyl (C=O) groups excluding carboxylic acids is 4.